The number of carbonyl (C=O) groups is 2. The fourth-order valence-corrected chi connectivity index (χ4v) is 5.06. The largest absolute Gasteiger partial charge is 0.349 e. The van der Waals surface area contributed by atoms with Crippen molar-refractivity contribution in [1.29, 1.82) is 0 Å². The average Bonchev–Trinajstić information content (AvgIpc) is 3.45. The zero-order chi connectivity index (χ0) is 22.6. The first-order valence-corrected chi connectivity index (χ1v) is 11.9. The van der Waals surface area contributed by atoms with Gasteiger partial charge in [0.25, 0.3) is 0 Å². The Balaban J connectivity index is 1.14. The third-order valence-corrected chi connectivity index (χ3v) is 6.76. The normalized spacial score (nSPS) is 16.8. The van der Waals surface area contributed by atoms with Crippen LogP contribution >= 0.6 is 0 Å². The number of amides is 2. The second-order valence-corrected chi connectivity index (χ2v) is 8.98. The van der Waals surface area contributed by atoms with E-state index < -0.39 is 0 Å². The molecular weight excluding hydrogens is 412 g/mol. The van der Waals surface area contributed by atoms with Gasteiger partial charge in [0.15, 0.2) is 0 Å². The minimum Gasteiger partial charge on any atom is -0.349 e. The monoisotopic (exact) mass is 442 g/mol. The predicted molar refractivity (Wildman–Crippen MR) is 128 cm³/mol. The van der Waals surface area contributed by atoms with Gasteiger partial charge in [-0.2, -0.15) is 5.10 Å². The summed E-state index contributed by atoms with van der Waals surface area (Å²) in [5.74, 6) is 0.119. The summed E-state index contributed by atoms with van der Waals surface area (Å²) >= 11 is 0. The van der Waals surface area contributed by atoms with Gasteiger partial charge in [-0.1, -0.05) is 48.5 Å². The molecule has 2 heterocycles. The maximum Gasteiger partial charge on any atom is 0.227 e. The number of aromatic nitrogens is 2. The van der Waals surface area contributed by atoms with Gasteiger partial charge in [-0.25, -0.2) is 0 Å². The van der Waals surface area contributed by atoms with Crippen LogP contribution < -0.4 is 10.2 Å². The van der Waals surface area contributed by atoms with Crippen molar-refractivity contribution >= 4 is 17.5 Å². The molecule has 2 amide bonds. The van der Waals surface area contributed by atoms with Gasteiger partial charge in [-0.05, 0) is 49.3 Å². The molecule has 6 heteroatoms. The Morgan fingerprint density at radius 2 is 1.82 bits per heavy atom. The molecule has 1 atom stereocenters. The summed E-state index contributed by atoms with van der Waals surface area (Å²) in [5.41, 5.74) is 5.83. The molecule has 1 aliphatic heterocycles. The van der Waals surface area contributed by atoms with E-state index in [1.165, 1.54) is 16.8 Å². The summed E-state index contributed by atoms with van der Waals surface area (Å²) in [4.78, 5) is 27.2. The number of nitrogens with one attached hydrogen (secondary N) is 1. The summed E-state index contributed by atoms with van der Waals surface area (Å²) in [5, 5.41) is 7.81. The molecule has 1 aliphatic carbocycles. The van der Waals surface area contributed by atoms with Crippen molar-refractivity contribution in [2.75, 3.05) is 11.4 Å². The molecule has 3 aromatic rings. The van der Waals surface area contributed by atoms with Crippen molar-refractivity contribution in [2.24, 2.45) is 0 Å². The van der Waals surface area contributed by atoms with Gasteiger partial charge in [-0.15, -0.1) is 0 Å². The lowest BCUT2D eigenvalue weighted by Gasteiger charge is -2.24. The number of para-hydroxylation sites is 1. The average molecular weight is 443 g/mol. The fourth-order valence-electron chi connectivity index (χ4n) is 5.06. The maximum atomic E-state index is 12.7. The van der Waals surface area contributed by atoms with Crippen LogP contribution in [0.3, 0.4) is 0 Å². The first kappa shape index (κ1) is 21.4. The lowest BCUT2D eigenvalue weighted by Crippen LogP contribution is -2.32. The molecule has 170 valence electrons. The Kier molecular flexibility index (Phi) is 6.24. The smallest absolute Gasteiger partial charge is 0.227 e. The lowest BCUT2D eigenvalue weighted by molar-refractivity contribution is -0.122. The Hall–Kier alpha value is -3.41. The third kappa shape index (κ3) is 4.70. The van der Waals surface area contributed by atoms with Gasteiger partial charge in [0.05, 0.1) is 18.8 Å². The fraction of sp³-hybridized carbons (Fsp3) is 0.370. The van der Waals surface area contributed by atoms with E-state index in [2.05, 4.69) is 33.3 Å². The molecule has 0 saturated heterocycles. The number of anilines is 1. The molecule has 2 aliphatic rings. The minimum absolute atomic E-state index is 0.00642. The molecule has 0 unspecified atom stereocenters. The minimum atomic E-state index is 0.00642. The Morgan fingerprint density at radius 1 is 1.00 bits per heavy atom. The Morgan fingerprint density at radius 3 is 2.70 bits per heavy atom. The molecule has 0 bridgehead atoms. The van der Waals surface area contributed by atoms with Crippen molar-refractivity contribution < 1.29 is 9.59 Å². The molecule has 0 fully saturated rings. The van der Waals surface area contributed by atoms with Crippen molar-refractivity contribution in [3.05, 3.63) is 83.2 Å². The molecular formula is C27H30N4O2. The van der Waals surface area contributed by atoms with Gasteiger partial charge in [0.1, 0.15) is 0 Å². The van der Waals surface area contributed by atoms with Crippen molar-refractivity contribution in [3.8, 4) is 0 Å². The molecule has 1 aromatic heterocycles. The Bertz CT molecular complexity index is 1140. The first-order chi connectivity index (χ1) is 16.2. The molecule has 0 radical (unpaired) electrons. The summed E-state index contributed by atoms with van der Waals surface area (Å²) in [6, 6.07) is 18.4. The van der Waals surface area contributed by atoms with Crippen molar-refractivity contribution in [1.82, 2.24) is 15.1 Å². The van der Waals surface area contributed by atoms with E-state index in [-0.39, 0.29) is 17.9 Å². The molecule has 1 N–H and O–H groups in total. The van der Waals surface area contributed by atoms with Gasteiger partial charge in [0, 0.05) is 36.3 Å². The highest BCUT2D eigenvalue weighted by atomic mass is 16.2. The summed E-state index contributed by atoms with van der Waals surface area (Å²) in [6.45, 7) is 1.49. The van der Waals surface area contributed by atoms with Crippen LogP contribution in [-0.2, 0) is 29.0 Å². The number of benzene rings is 2. The molecule has 33 heavy (non-hydrogen) atoms. The highest BCUT2D eigenvalue weighted by molar-refractivity contribution is 5.95. The van der Waals surface area contributed by atoms with Crippen LogP contribution in [0.4, 0.5) is 5.69 Å². The highest BCUT2D eigenvalue weighted by Crippen LogP contribution is 2.30. The van der Waals surface area contributed by atoms with E-state index in [4.69, 9.17) is 0 Å². The summed E-state index contributed by atoms with van der Waals surface area (Å²) < 4.78 is 2.07. The van der Waals surface area contributed by atoms with E-state index in [9.17, 15) is 9.59 Å². The van der Waals surface area contributed by atoms with E-state index in [0.29, 0.717) is 19.3 Å². The molecule has 0 saturated carbocycles. The van der Waals surface area contributed by atoms with E-state index in [1.807, 2.05) is 47.5 Å². The standard InChI is InChI=1S/C27H30N4O2/c32-26(14-7-15-27(33)30-17-16-21-10-4-5-12-24(21)30)29-23-11-6-13-25-22(23)18-28-31(25)19-20-8-2-1-3-9-20/h1-5,8-10,12,18,23H,6-7,11,13-17,19H2,(H,29,32)/t23-/m1/s1. The van der Waals surface area contributed by atoms with Gasteiger partial charge in [0.2, 0.25) is 11.8 Å². The molecule has 6 nitrogen and oxygen atoms in total. The summed E-state index contributed by atoms with van der Waals surface area (Å²) in [7, 11) is 0. The topological polar surface area (TPSA) is 67.2 Å². The first-order valence-electron chi connectivity index (χ1n) is 11.9. The zero-order valence-corrected chi connectivity index (χ0v) is 18.9. The van der Waals surface area contributed by atoms with Crippen LogP contribution in [0.15, 0.2) is 60.8 Å². The van der Waals surface area contributed by atoms with Crippen LogP contribution in [0.25, 0.3) is 0 Å². The summed E-state index contributed by atoms with van der Waals surface area (Å²) in [6.07, 6.45) is 7.10. The number of hydrogen-bond acceptors (Lipinski definition) is 3. The van der Waals surface area contributed by atoms with E-state index >= 15 is 0 Å². The molecule has 0 spiro atoms. The zero-order valence-electron chi connectivity index (χ0n) is 18.9. The lowest BCUT2D eigenvalue weighted by atomic mass is 9.92. The maximum absolute atomic E-state index is 12.7. The quantitative estimate of drug-likeness (QED) is 0.597. The van der Waals surface area contributed by atoms with E-state index in [1.54, 1.807) is 0 Å². The second kappa shape index (κ2) is 9.61. The number of fused-ring (bicyclic) bond motifs is 2. The molecule has 5 rings (SSSR count). The van der Waals surface area contributed by atoms with Crippen LogP contribution in [0.5, 0.6) is 0 Å². The van der Waals surface area contributed by atoms with Crippen molar-refractivity contribution in [2.45, 2.75) is 57.5 Å². The number of carbonyl (C=O) groups excluding carboxylic acids is 2. The van der Waals surface area contributed by atoms with E-state index in [0.717, 1.165) is 50.0 Å². The van der Waals surface area contributed by atoms with Crippen LogP contribution in [0, 0.1) is 0 Å². The predicted octanol–water partition coefficient (Wildman–Crippen LogP) is 4.18. The van der Waals surface area contributed by atoms with Crippen LogP contribution in [-0.4, -0.2) is 28.1 Å². The van der Waals surface area contributed by atoms with Crippen LogP contribution in [0.1, 0.15) is 60.5 Å². The van der Waals surface area contributed by atoms with Gasteiger partial charge in [-0.3, -0.25) is 14.3 Å². The highest BCUT2D eigenvalue weighted by Gasteiger charge is 2.26. The third-order valence-electron chi connectivity index (χ3n) is 6.76. The van der Waals surface area contributed by atoms with Gasteiger partial charge < -0.3 is 10.2 Å². The SMILES string of the molecule is O=C(CCCC(=O)N1CCc2ccccc21)N[C@@H]1CCCc2c1cnn2Cc1ccccc1. The molecule has 2 aromatic carbocycles. The number of nitrogens with zero attached hydrogens (tertiary/aromatic N) is 3. The number of hydrogen-bond donors (Lipinski definition) is 1. The van der Waals surface area contributed by atoms with Crippen molar-refractivity contribution in [3.63, 3.8) is 0 Å². The second-order valence-electron chi connectivity index (χ2n) is 8.98. The Labute approximate surface area is 194 Å². The van der Waals surface area contributed by atoms with Gasteiger partial charge >= 0.3 is 0 Å². The number of rotatable bonds is 7. The van der Waals surface area contributed by atoms with Crippen LogP contribution in [0.2, 0.25) is 0 Å².